The first kappa shape index (κ1) is 13.7. The monoisotopic (exact) mass is 313 g/mol. The maximum absolute atomic E-state index is 9.79. The lowest BCUT2D eigenvalue weighted by atomic mass is 10.0. The third kappa shape index (κ3) is 2.98. The second kappa shape index (κ2) is 5.93. The summed E-state index contributed by atoms with van der Waals surface area (Å²) in [5, 5.41) is 9.79. The minimum Gasteiger partial charge on any atom is -0.503 e. The fraction of sp³-hybridized carbons (Fsp3) is 0.571. The first-order valence-corrected chi connectivity index (χ1v) is 7.20. The van der Waals surface area contributed by atoms with Crippen LogP contribution in [0.4, 0.5) is 0 Å². The lowest BCUT2D eigenvalue weighted by Gasteiger charge is -2.33. The molecule has 1 aliphatic heterocycles. The van der Waals surface area contributed by atoms with E-state index in [1.165, 1.54) is 24.8 Å². The fourth-order valence-electron chi connectivity index (χ4n) is 2.50. The van der Waals surface area contributed by atoms with Crippen LogP contribution in [0.5, 0.6) is 11.5 Å². The van der Waals surface area contributed by atoms with Crippen LogP contribution >= 0.6 is 15.9 Å². The van der Waals surface area contributed by atoms with Gasteiger partial charge in [-0.1, -0.05) is 6.42 Å². The van der Waals surface area contributed by atoms with Gasteiger partial charge in [0.2, 0.25) is 0 Å². The standard InChI is InChI=1S/C14H20BrNO2/c1-10-5-3-4-6-16(10)9-11-7-12(15)14(17)13(8-11)18-2/h7-8,10,17H,3-6,9H2,1-2H3. The molecule has 100 valence electrons. The van der Waals surface area contributed by atoms with E-state index in [0.29, 0.717) is 16.3 Å². The van der Waals surface area contributed by atoms with E-state index in [0.717, 1.165) is 13.1 Å². The Hall–Kier alpha value is -0.740. The minimum atomic E-state index is 0.174. The van der Waals surface area contributed by atoms with Gasteiger partial charge >= 0.3 is 0 Å². The highest BCUT2D eigenvalue weighted by Gasteiger charge is 2.19. The number of rotatable bonds is 3. The molecule has 1 N–H and O–H groups in total. The Labute approximate surface area is 117 Å². The van der Waals surface area contributed by atoms with Crippen molar-refractivity contribution < 1.29 is 9.84 Å². The topological polar surface area (TPSA) is 32.7 Å². The number of benzene rings is 1. The van der Waals surface area contributed by atoms with Gasteiger partial charge in [0.15, 0.2) is 11.5 Å². The Balaban J connectivity index is 2.15. The summed E-state index contributed by atoms with van der Waals surface area (Å²) in [4.78, 5) is 2.49. The van der Waals surface area contributed by atoms with Crippen molar-refractivity contribution in [3.05, 3.63) is 22.2 Å². The summed E-state index contributed by atoms with van der Waals surface area (Å²) >= 11 is 3.37. The van der Waals surface area contributed by atoms with Crippen LogP contribution in [0.15, 0.2) is 16.6 Å². The fourth-order valence-corrected chi connectivity index (χ4v) is 2.99. The number of nitrogens with zero attached hydrogens (tertiary/aromatic N) is 1. The largest absolute Gasteiger partial charge is 0.503 e. The molecule has 0 saturated carbocycles. The second-order valence-electron chi connectivity index (χ2n) is 4.94. The number of methoxy groups -OCH3 is 1. The Morgan fingerprint density at radius 1 is 1.44 bits per heavy atom. The first-order valence-electron chi connectivity index (χ1n) is 6.41. The molecular formula is C14H20BrNO2. The van der Waals surface area contributed by atoms with Gasteiger partial charge in [0.25, 0.3) is 0 Å². The van der Waals surface area contributed by atoms with E-state index >= 15 is 0 Å². The highest BCUT2D eigenvalue weighted by molar-refractivity contribution is 9.10. The molecule has 0 bridgehead atoms. The summed E-state index contributed by atoms with van der Waals surface area (Å²) in [5.74, 6) is 0.706. The Bertz CT molecular complexity index is 423. The van der Waals surface area contributed by atoms with E-state index in [-0.39, 0.29) is 5.75 Å². The van der Waals surface area contributed by atoms with Gasteiger partial charge in [0.05, 0.1) is 11.6 Å². The first-order chi connectivity index (χ1) is 8.61. The van der Waals surface area contributed by atoms with E-state index in [9.17, 15) is 5.11 Å². The smallest absolute Gasteiger partial charge is 0.172 e. The molecule has 1 aliphatic rings. The van der Waals surface area contributed by atoms with E-state index in [1.54, 1.807) is 7.11 Å². The van der Waals surface area contributed by atoms with E-state index in [4.69, 9.17) is 4.74 Å². The zero-order valence-corrected chi connectivity index (χ0v) is 12.5. The van der Waals surface area contributed by atoms with Crippen molar-refractivity contribution in [1.82, 2.24) is 4.90 Å². The summed E-state index contributed by atoms with van der Waals surface area (Å²) in [6.07, 6.45) is 3.89. The van der Waals surface area contributed by atoms with Crippen LogP contribution in [0.2, 0.25) is 0 Å². The number of phenolic OH excluding ortho intramolecular Hbond substituents is 1. The molecule has 0 aliphatic carbocycles. The van der Waals surface area contributed by atoms with Crippen LogP contribution in [0.25, 0.3) is 0 Å². The summed E-state index contributed by atoms with van der Waals surface area (Å²) in [6.45, 7) is 4.35. The highest BCUT2D eigenvalue weighted by atomic mass is 79.9. The lowest BCUT2D eigenvalue weighted by Crippen LogP contribution is -2.36. The van der Waals surface area contributed by atoms with Crippen LogP contribution < -0.4 is 4.74 Å². The van der Waals surface area contributed by atoms with Crippen LogP contribution in [-0.2, 0) is 6.54 Å². The maximum Gasteiger partial charge on any atom is 0.172 e. The Kier molecular flexibility index (Phi) is 4.51. The van der Waals surface area contributed by atoms with Gasteiger partial charge in [-0.25, -0.2) is 0 Å². The highest BCUT2D eigenvalue weighted by Crippen LogP contribution is 2.35. The zero-order valence-electron chi connectivity index (χ0n) is 10.9. The van der Waals surface area contributed by atoms with Crippen LogP contribution in [-0.4, -0.2) is 29.7 Å². The molecule has 1 atom stereocenters. The second-order valence-corrected chi connectivity index (χ2v) is 5.80. The lowest BCUT2D eigenvalue weighted by molar-refractivity contribution is 0.152. The molecule has 1 fully saturated rings. The predicted molar refractivity (Wildman–Crippen MR) is 76.1 cm³/mol. The van der Waals surface area contributed by atoms with Crippen molar-refractivity contribution in [3.63, 3.8) is 0 Å². The third-order valence-electron chi connectivity index (χ3n) is 3.63. The number of ether oxygens (including phenoxy) is 1. The van der Waals surface area contributed by atoms with E-state index in [1.807, 2.05) is 12.1 Å². The van der Waals surface area contributed by atoms with Crippen molar-refractivity contribution in [2.75, 3.05) is 13.7 Å². The Morgan fingerprint density at radius 3 is 2.89 bits per heavy atom. The van der Waals surface area contributed by atoms with Crippen LogP contribution in [0, 0.1) is 0 Å². The van der Waals surface area contributed by atoms with Gasteiger partial charge in [-0.05, 0) is 59.9 Å². The normalized spacial score (nSPS) is 20.9. The quantitative estimate of drug-likeness (QED) is 0.926. The molecule has 0 radical (unpaired) electrons. The molecule has 1 saturated heterocycles. The number of piperidine rings is 1. The average molecular weight is 314 g/mol. The minimum absolute atomic E-state index is 0.174. The zero-order chi connectivity index (χ0) is 13.1. The van der Waals surface area contributed by atoms with Crippen molar-refractivity contribution in [2.24, 2.45) is 0 Å². The summed E-state index contributed by atoms with van der Waals surface area (Å²) in [5.41, 5.74) is 1.17. The number of aromatic hydroxyl groups is 1. The molecule has 1 aromatic carbocycles. The van der Waals surface area contributed by atoms with Crippen molar-refractivity contribution in [1.29, 1.82) is 0 Å². The van der Waals surface area contributed by atoms with Crippen molar-refractivity contribution in [3.8, 4) is 11.5 Å². The molecule has 18 heavy (non-hydrogen) atoms. The number of hydrogen-bond acceptors (Lipinski definition) is 3. The van der Waals surface area contributed by atoms with E-state index in [2.05, 4.69) is 27.8 Å². The molecule has 3 nitrogen and oxygen atoms in total. The summed E-state index contributed by atoms with van der Waals surface area (Å²) in [6, 6.07) is 4.53. The maximum atomic E-state index is 9.79. The Morgan fingerprint density at radius 2 is 2.22 bits per heavy atom. The van der Waals surface area contributed by atoms with Crippen molar-refractivity contribution in [2.45, 2.75) is 38.8 Å². The van der Waals surface area contributed by atoms with Crippen LogP contribution in [0.3, 0.4) is 0 Å². The number of halogens is 1. The molecule has 0 aromatic heterocycles. The average Bonchev–Trinajstić information content (AvgIpc) is 2.36. The molecular weight excluding hydrogens is 294 g/mol. The number of hydrogen-bond donors (Lipinski definition) is 1. The number of likely N-dealkylation sites (tertiary alicyclic amines) is 1. The molecule has 1 heterocycles. The number of phenols is 1. The SMILES string of the molecule is COc1cc(CN2CCCCC2C)cc(Br)c1O. The van der Waals surface area contributed by atoms with Crippen LogP contribution in [0.1, 0.15) is 31.7 Å². The molecule has 1 aromatic rings. The molecule has 0 spiro atoms. The predicted octanol–water partition coefficient (Wildman–Crippen LogP) is 3.54. The molecule has 0 amide bonds. The van der Waals surface area contributed by atoms with Gasteiger partial charge in [-0.15, -0.1) is 0 Å². The van der Waals surface area contributed by atoms with Gasteiger partial charge in [-0.3, -0.25) is 4.90 Å². The molecule has 4 heteroatoms. The molecule has 1 unspecified atom stereocenters. The van der Waals surface area contributed by atoms with Crippen molar-refractivity contribution >= 4 is 15.9 Å². The summed E-state index contributed by atoms with van der Waals surface area (Å²) in [7, 11) is 1.58. The van der Waals surface area contributed by atoms with E-state index < -0.39 is 0 Å². The van der Waals surface area contributed by atoms with Gasteiger partial charge in [0.1, 0.15) is 0 Å². The summed E-state index contributed by atoms with van der Waals surface area (Å²) < 4.78 is 5.88. The van der Waals surface area contributed by atoms with Gasteiger partial charge in [-0.2, -0.15) is 0 Å². The van der Waals surface area contributed by atoms with Gasteiger partial charge < -0.3 is 9.84 Å². The van der Waals surface area contributed by atoms with Gasteiger partial charge in [0, 0.05) is 12.6 Å². The third-order valence-corrected chi connectivity index (χ3v) is 4.24. The molecule has 2 rings (SSSR count).